The topological polar surface area (TPSA) is 109 Å². The van der Waals surface area contributed by atoms with Crippen LogP contribution in [0.1, 0.15) is 11.3 Å². The number of fused-ring (bicyclic) bond motifs is 1. The maximum atomic E-state index is 12.7. The third-order valence-corrected chi connectivity index (χ3v) is 5.16. The van der Waals surface area contributed by atoms with Crippen molar-refractivity contribution in [3.63, 3.8) is 0 Å². The second kappa shape index (κ2) is 7.68. The third kappa shape index (κ3) is 4.57. The first-order chi connectivity index (χ1) is 12.8. The molecule has 0 radical (unpaired) electrons. The molecule has 0 saturated carbocycles. The smallest absolute Gasteiger partial charge is 0.261 e. The molecule has 3 rings (SSSR count). The zero-order chi connectivity index (χ0) is 19.4. The lowest BCUT2D eigenvalue weighted by Gasteiger charge is -2.11. The minimum atomic E-state index is -3.73. The Labute approximate surface area is 162 Å². The summed E-state index contributed by atoms with van der Waals surface area (Å²) < 4.78 is 28.0. The zero-order valence-corrected chi connectivity index (χ0v) is 16.0. The molecule has 27 heavy (non-hydrogen) atoms. The Hall–Kier alpha value is -3.04. The summed E-state index contributed by atoms with van der Waals surface area (Å²) in [5, 5.41) is 4.70. The fourth-order valence-electron chi connectivity index (χ4n) is 2.40. The van der Waals surface area contributed by atoms with E-state index in [2.05, 4.69) is 32.5 Å². The molecule has 0 aliphatic rings. The predicted molar refractivity (Wildman–Crippen MR) is 111 cm³/mol. The molecule has 2 aromatic carbocycles. The second-order valence-corrected chi connectivity index (χ2v) is 7.89. The van der Waals surface area contributed by atoms with Gasteiger partial charge in [0.05, 0.1) is 28.0 Å². The first kappa shape index (κ1) is 18.7. The number of aryl methyl sites for hydroxylation is 1. The van der Waals surface area contributed by atoms with Crippen LogP contribution in [0.25, 0.3) is 10.9 Å². The Morgan fingerprint density at radius 3 is 2.59 bits per heavy atom. The van der Waals surface area contributed by atoms with Crippen LogP contribution in [0.2, 0.25) is 0 Å². The Morgan fingerprint density at radius 1 is 1.15 bits per heavy atom. The van der Waals surface area contributed by atoms with Crippen LogP contribution in [0.15, 0.2) is 64.6 Å². The van der Waals surface area contributed by atoms with Crippen molar-refractivity contribution in [1.29, 1.82) is 0 Å². The molecule has 138 valence electrons. The maximum Gasteiger partial charge on any atom is 0.261 e. The van der Waals surface area contributed by atoms with E-state index in [0.29, 0.717) is 16.9 Å². The summed E-state index contributed by atoms with van der Waals surface area (Å²) in [5.74, 6) is 0. The van der Waals surface area contributed by atoms with Crippen LogP contribution in [0.4, 0.5) is 5.69 Å². The van der Waals surface area contributed by atoms with Crippen molar-refractivity contribution in [1.82, 2.24) is 10.4 Å². The van der Waals surface area contributed by atoms with E-state index in [1.165, 1.54) is 6.21 Å². The number of sulfonamides is 1. The van der Waals surface area contributed by atoms with Gasteiger partial charge in [-0.05, 0) is 43.4 Å². The van der Waals surface area contributed by atoms with Gasteiger partial charge in [-0.3, -0.25) is 10.1 Å². The van der Waals surface area contributed by atoms with Gasteiger partial charge in [-0.1, -0.05) is 35.9 Å². The Balaban J connectivity index is 1.97. The molecule has 1 heterocycles. The highest BCUT2D eigenvalue weighted by molar-refractivity contribution is 7.92. The van der Waals surface area contributed by atoms with Gasteiger partial charge in [-0.2, -0.15) is 5.10 Å². The fraction of sp³-hybridized carbons (Fsp3) is 0.0556. The van der Waals surface area contributed by atoms with Gasteiger partial charge in [0.1, 0.15) is 0 Å². The predicted octanol–water partition coefficient (Wildman–Crippen LogP) is 2.51. The van der Waals surface area contributed by atoms with Gasteiger partial charge in [0, 0.05) is 5.39 Å². The van der Waals surface area contributed by atoms with Crippen molar-refractivity contribution in [2.24, 2.45) is 10.8 Å². The fourth-order valence-corrected chi connectivity index (χ4v) is 3.52. The molecule has 0 bridgehead atoms. The Kier molecular flexibility index (Phi) is 5.33. The number of hydrazone groups is 1. The average molecular weight is 400 g/mol. The van der Waals surface area contributed by atoms with Crippen LogP contribution in [-0.2, 0) is 10.0 Å². The molecule has 7 nitrogen and oxygen atoms in total. The molecule has 4 N–H and O–H groups in total. The van der Waals surface area contributed by atoms with Crippen molar-refractivity contribution in [2.45, 2.75) is 11.8 Å². The van der Waals surface area contributed by atoms with Crippen LogP contribution in [0, 0.1) is 6.92 Å². The van der Waals surface area contributed by atoms with E-state index in [-0.39, 0.29) is 10.0 Å². The number of nitrogens with zero attached hydrogens (tertiary/aromatic N) is 2. The summed E-state index contributed by atoms with van der Waals surface area (Å²) in [6.45, 7) is 1.90. The summed E-state index contributed by atoms with van der Waals surface area (Å²) in [6, 6.07) is 15.5. The quantitative estimate of drug-likeness (QED) is 0.345. The first-order valence-electron chi connectivity index (χ1n) is 7.93. The van der Waals surface area contributed by atoms with Gasteiger partial charge in [0.2, 0.25) is 0 Å². The monoisotopic (exact) mass is 399 g/mol. The average Bonchev–Trinajstić information content (AvgIpc) is 2.62. The summed E-state index contributed by atoms with van der Waals surface area (Å²) in [4.78, 5) is 4.65. The van der Waals surface area contributed by atoms with Gasteiger partial charge in [0.25, 0.3) is 10.0 Å². The molecule has 0 unspecified atom stereocenters. The number of para-hydroxylation sites is 1. The normalized spacial score (nSPS) is 11.6. The largest absolute Gasteiger partial charge is 0.375 e. The molecule has 0 amide bonds. The lowest BCUT2D eigenvalue weighted by atomic mass is 10.2. The number of hydrogen-bond donors (Lipinski definition) is 3. The molecule has 3 aromatic rings. The van der Waals surface area contributed by atoms with E-state index < -0.39 is 10.0 Å². The number of hydrogen-bond acceptors (Lipinski definition) is 5. The second-order valence-electron chi connectivity index (χ2n) is 5.77. The molecule has 0 spiro atoms. The summed E-state index contributed by atoms with van der Waals surface area (Å²) >= 11 is 4.68. The molecule has 0 atom stereocenters. The van der Waals surface area contributed by atoms with E-state index in [1.807, 2.05) is 19.1 Å². The minimum Gasteiger partial charge on any atom is -0.375 e. The standard InChI is InChI=1S/C18H17N5O2S2/c1-12-5-9-15(10-6-12)27(24,25)23-16-4-2-3-13-7-8-14(21-17(13)16)11-20-22-18(19)26/h2-11,23H,1H3,(H3,19,22,26)/b20-11+. The minimum absolute atomic E-state index is 0.0404. The summed E-state index contributed by atoms with van der Waals surface area (Å²) in [6.07, 6.45) is 1.45. The highest BCUT2D eigenvalue weighted by Crippen LogP contribution is 2.24. The number of anilines is 1. The Bertz CT molecular complexity index is 1130. The van der Waals surface area contributed by atoms with Gasteiger partial charge >= 0.3 is 0 Å². The number of benzene rings is 2. The number of aromatic nitrogens is 1. The summed E-state index contributed by atoms with van der Waals surface area (Å²) in [5.41, 5.74) is 10.2. The lowest BCUT2D eigenvalue weighted by molar-refractivity contribution is 0.601. The molecule has 1 aromatic heterocycles. The molecule has 0 aliphatic carbocycles. The number of thiocarbonyl (C=S) groups is 1. The van der Waals surface area contributed by atoms with Crippen molar-refractivity contribution in [2.75, 3.05) is 4.72 Å². The van der Waals surface area contributed by atoms with E-state index in [9.17, 15) is 8.42 Å². The number of pyridine rings is 1. The molecular weight excluding hydrogens is 382 g/mol. The van der Waals surface area contributed by atoms with Crippen LogP contribution >= 0.6 is 12.2 Å². The van der Waals surface area contributed by atoms with Crippen molar-refractivity contribution in [3.8, 4) is 0 Å². The Morgan fingerprint density at radius 2 is 1.89 bits per heavy atom. The summed E-state index contributed by atoms with van der Waals surface area (Å²) in [7, 11) is -3.73. The van der Waals surface area contributed by atoms with Gasteiger partial charge in [-0.25, -0.2) is 13.4 Å². The maximum absolute atomic E-state index is 12.7. The molecule has 0 aliphatic heterocycles. The third-order valence-electron chi connectivity index (χ3n) is 3.69. The molecule has 0 fully saturated rings. The molecule has 0 saturated heterocycles. The van der Waals surface area contributed by atoms with Crippen molar-refractivity contribution < 1.29 is 8.42 Å². The van der Waals surface area contributed by atoms with Gasteiger partial charge < -0.3 is 5.73 Å². The van der Waals surface area contributed by atoms with E-state index in [1.54, 1.807) is 42.5 Å². The highest BCUT2D eigenvalue weighted by Gasteiger charge is 2.16. The molecule has 9 heteroatoms. The van der Waals surface area contributed by atoms with Crippen LogP contribution in [0.3, 0.4) is 0 Å². The molecular formula is C18H17N5O2S2. The van der Waals surface area contributed by atoms with E-state index in [4.69, 9.17) is 5.73 Å². The van der Waals surface area contributed by atoms with Crippen LogP contribution < -0.4 is 15.9 Å². The number of rotatable bonds is 5. The highest BCUT2D eigenvalue weighted by atomic mass is 32.2. The van der Waals surface area contributed by atoms with Crippen molar-refractivity contribution in [3.05, 3.63) is 65.9 Å². The first-order valence-corrected chi connectivity index (χ1v) is 9.82. The zero-order valence-electron chi connectivity index (χ0n) is 14.4. The van der Waals surface area contributed by atoms with Crippen molar-refractivity contribution >= 4 is 50.2 Å². The number of nitrogens with one attached hydrogen (secondary N) is 2. The van der Waals surface area contributed by atoms with Crippen LogP contribution in [0.5, 0.6) is 0 Å². The number of nitrogens with two attached hydrogens (primary N) is 1. The van der Waals surface area contributed by atoms with Crippen LogP contribution in [-0.4, -0.2) is 24.7 Å². The van der Waals surface area contributed by atoms with Gasteiger partial charge in [0.15, 0.2) is 5.11 Å². The van der Waals surface area contributed by atoms with E-state index in [0.717, 1.165) is 10.9 Å². The lowest BCUT2D eigenvalue weighted by Crippen LogP contribution is -2.24. The van der Waals surface area contributed by atoms with Gasteiger partial charge in [-0.15, -0.1) is 0 Å². The SMILES string of the molecule is Cc1ccc(S(=O)(=O)Nc2cccc3ccc(/C=N/NC(N)=S)nc23)cc1. The van der Waals surface area contributed by atoms with E-state index >= 15 is 0 Å².